The molecule has 11 heteroatoms. The van der Waals surface area contributed by atoms with Crippen LogP contribution in [0.2, 0.25) is 0 Å². The second kappa shape index (κ2) is 10.1. The lowest BCUT2D eigenvalue weighted by Crippen LogP contribution is -2.43. The summed E-state index contributed by atoms with van der Waals surface area (Å²) in [4.78, 5) is 26.8. The molecule has 4 atom stereocenters. The molecule has 0 aliphatic carbocycles. The number of nitrogens with zero attached hydrogens (tertiary/aromatic N) is 5. The van der Waals surface area contributed by atoms with Crippen LogP contribution in [0.4, 0.5) is 5.82 Å². The van der Waals surface area contributed by atoms with Gasteiger partial charge in [0.15, 0.2) is 23.5 Å². The number of carbonyl (C=O) groups excluding carboxylic acids is 1. The number of nitrogens with two attached hydrogens (primary N) is 1. The molecule has 2 aliphatic rings. The van der Waals surface area contributed by atoms with Crippen LogP contribution in [0.15, 0.2) is 12.7 Å². The Bertz CT molecular complexity index is 995. The molecule has 1 unspecified atom stereocenters. The Labute approximate surface area is 199 Å². The van der Waals surface area contributed by atoms with Gasteiger partial charge in [0.05, 0.1) is 12.9 Å². The van der Waals surface area contributed by atoms with E-state index < -0.39 is 12.0 Å². The number of aromatic nitrogens is 4. The molecule has 188 valence electrons. The molecule has 0 aromatic carbocycles. The minimum absolute atomic E-state index is 0.140. The first kappa shape index (κ1) is 24.8. The Morgan fingerprint density at radius 3 is 2.74 bits per heavy atom. The van der Waals surface area contributed by atoms with Crippen molar-refractivity contribution >= 4 is 23.0 Å². The van der Waals surface area contributed by atoms with Crippen molar-refractivity contribution < 1.29 is 23.7 Å². The summed E-state index contributed by atoms with van der Waals surface area (Å²) in [7, 11) is 0. The highest BCUT2D eigenvalue weighted by atomic mass is 16.8. The van der Waals surface area contributed by atoms with Crippen molar-refractivity contribution in [2.24, 2.45) is 0 Å². The second-order valence-corrected chi connectivity index (χ2v) is 9.56. The van der Waals surface area contributed by atoms with E-state index in [1.807, 2.05) is 25.3 Å². The van der Waals surface area contributed by atoms with E-state index in [-0.39, 0.29) is 24.3 Å². The SMILES string of the molecule is CCOC(=O)CCCCN(C[C@H]1OC(n2cnc3c(N)ncnc32)[C@@H]2OC(C)(C)O[C@H]12)C(C)C. The lowest BCUT2D eigenvalue weighted by molar-refractivity contribution is -0.198. The molecule has 0 radical (unpaired) electrons. The first-order valence-corrected chi connectivity index (χ1v) is 12.0. The molecule has 0 amide bonds. The van der Waals surface area contributed by atoms with Crippen molar-refractivity contribution in [2.45, 2.75) is 90.2 Å². The van der Waals surface area contributed by atoms with Crippen LogP contribution in [0.5, 0.6) is 0 Å². The summed E-state index contributed by atoms with van der Waals surface area (Å²) in [6.45, 7) is 11.9. The van der Waals surface area contributed by atoms with Crippen LogP contribution in [0.3, 0.4) is 0 Å². The second-order valence-electron chi connectivity index (χ2n) is 9.56. The lowest BCUT2D eigenvalue weighted by atomic mass is 10.1. The van der Waals surface area contributed by atoms with Crippen LogP contribution in [-0.4, -0.2) is 80.2 Å². The maximum absolute atomic E-state index is 11.6. The maximum atomic E-state index is 11.6. The standard InChI is InChI=1S/C23H36N6O5/c1-6-31-16(30)9-7-8-10-28(14(2)3)11-15-18-19(34-23(4,5)33-18)22(32-15)29-13-27-17-20(24)25-12-26-21(17)29/h12-15,18-19,22H,6-11H2,1-5H3,(H2,24,25,26)/t15-,18-,19-,22?/m1/s1. The third-order valence-corrected chi connectivity index (χ3v) is 6.31. The predicted octanol–water partition coefficient (Wildman–Crippen LogP) is 2.27. The van der Waals surface area contributed by atoms with E-state index in [1.165, 1.54) is 6.33 Å². The number of nitrogen functional groups attached to an aromatic ring is 1. The van der Waals surface area contributed by atoms with E-state index in [0.29, 0.717) is 42.6 Å². The molecule has 0 saturated carbocycles. The molecule has 2 aromatic rings. The first-order valence-electron chi connectivity index (χ1n) is 12.0. The molecule has 34 heavy (non-hydrogen) atoms. The Balaban J connectivity index is 1.47. The van der Waals surface area contributed by atoms with Crippen molar-refractivity contribution in [3.8, 4) is 0 Å². The van der Waals surface area contributed by atoms with Crippen molar-refractivity contribution in [3.05, 3.63) is 12.7 Å². The van der Waals surface area contributed by atoms with Crippen molar-refractivity contribution in [1.82, 2.24) is 24.4 Å². The molecule has 0 bridgehead atoms. The number of unbranched alkanes of at least 4 members (excludes halogenated alkanes) is 1. The van der Waals surface area contributed by atoms with Gasteiger partial charge in [0.25, 0.3) is 0 Å². The Hall–Kier alpha value is -2.34. The summed E-state index contributed by atoms with van der Waals surface area (Å²) in [6.07, 6.45) is 4.01. The monoisotopic (exact) mass is 476 g/mol. The van der Waals surface area contributed by atoms with Gasteiger partial charge in [-0.05, 0) is 54.0 Å². The molecule has 2 saturated heterocycles. The van der Waals surface area contributed by atoms with Crippen LogP contribution in [0.25, 0.3) is 11.2 Å². The van der Waals surface area contributed by atoms with Crippen molar-refractivity contribution in [1.29, 1.82) is 0 Å². The number of hydrogen-bond donors (Lipinski definition) is 1. The normalized spacial score (nSPS) is 26.0. The predicted molar refractivity (Wildman–Crippen MR) is 125 cm³/mol. The molecule has 4 heterocycles. The van der Waals surface area contributed by atoms with Crippen LogP contribution in [-0.2, 0) is 23.7 Å². The summed E-state index contributed by atoms with van der Waals surface area (Å²) in [6, 6.07) is 0.306. The largest absolute Gasteiger partial charge is 0.466 e. The molecule has 0 spiro atoms. The first-order chi connectivity index (χ1) is 16.2. The summed E-state index contributed by atoms with van der Waals surface area (Å²) >= 11 is 0. The van der Waals surface area contributed by atoms with Gasteiger partial charge in [0.2, 0.25) is 0 Å². The van der Waals surface area contributed by atoms with E-state index >= 15 is 0 Å². The number of ether oxygens (including phenoxy) is 4. The zero-order valence-electron chi connectivity index (χ0n) is 20.6. The molecule has 2 fully saturated rings. The topological polar surface area (TPSA) is 127 Å². The zero-order chi connectivity index (χ0) is 24.5. The Kier molecular flexibility index (Phi) is 7.36. The summed E-state index contributed by atoms with van der Waals surface area (Å²) in [5, 5.41) is 0. The minimum Gasteiger partial charge on any atom is -0.466 e. The lowest BCUT2D eigenvalue weighted by Gasteiger charge is -2.31. The van der Waals surface area contributed by atoms with Gasteiger partial charge in [-0.25, -0.2) is 15.0 Å². The number of imidazole rings is 1. The quantitative estimate of drug-likeness (QED) is 0.403. The van der Waals surface area contributed by atoms with Gasteiger partial charge in [-0.2, -0.15) is 0 Å². The zero-order valence-corrected chi connectivity index (χ0v) is 20.6. The average molecular weight is 477 g/mol. The van der Waals surface area contributed by atoms with Gasteiger partial charge in [-0.3, -0.25) is 14.3 Å². The highest BCUT2D eigenvalue weighted by Gasteiger charge is 2.56. The van der Waals surface area contributed by atoms with E-state index in [9.17, 15) is 4.79 Å². The molecule has 2 N–H and O–H groups in total. The Morgan fingerprint density at radius 2 is 2.00 bits per heavy atom. The fourth-order valence-electron chi connectivity index (χ4n) is 4.70. The minimum atomic E-state index is -0.720. The van der Waals surface area contributed by atoms with Gasteiger partial charge >= 0.3 is 5.97 Å². The molecular weight excluding hydrogens is 440 g/mol. The van der Waals surface area contributed by atoms with Gasteiger partial charge in [0.1, 0.15) is 30.2 Å². The third kappa shape index (κ3) is 5.17. The van der Waals surface area contributed by atoms with Gasteiger partial charge in [-0.15, -0.1) is 0 Å². The van der Waals surface area contributed by atoms with Crippen LogP contribution < -0.4 is 5.73 Å². The number of carbonyl (C=O) groups is 1. The number of rotatable bonds is 10. The highest BCUT2D eigenvalue weighted by Crippen LogP contribution is 2.44. The molecule has 4 rings (SSSR count). The Morgan fingerprint density at radius 1 is 1.24 bits per heavy atom. The van der Waals surface area contributed by atoms with Crippen LogP contribution >= 0.6 is 0 Å². The van der Waals surface area contributed by atoms with E-state index in [2.05, 4.69) is 33.7 Å². The van der Waals surface area contributed by atoms with E-state index in [4.69, 9.17) is 24.7 Å². The average Bonchev–Trinajstić information content (AvgIpc) is 3.42. The van der Waals surface area contributed by atoms with Crippen LogP contribution in [0, 0.1) is 0 Å². The maximum Gasteiger partial charge on any atom is 0.305 e. The third-order valence-electron chi connectivity index (χ3n) is 6.31. The molecule has 11 nitrogen and oxygen atoms in total. The number of esters is 1. The van der Waals surface area contributed by atoms with E-state index in [1.54, 1.807) is 6.33 Å². The fourth-order valence-corrected chi connectivity index (χ4v) is 4.70. The van der Waals surface area contributed by atoms with Gasteiger partial charge in [0, 0.05) is 19.0 Å². The smallest absolute Gasteiger partial charge is 0.305 e. The highest BCUT2D eigenvalue weighted by molar-refractivity contribution is 5.81. The number of anilines is 1. The number of fused-ring (bicyclic) bond motifs is 2. The molecule has 2 aromatic heterocycles. The summed E-state index contributed by atoms with van der Waals surface area (Å²) in [5.41, 5.74) is 7.12. The van der Waals surface area contributed by atoms with E-state index in [0.717, 1.165) is 19.4 Å². The summed E-state index contributed by atoms with van der Waals surface area (Å²) < 4.78 is 26.0. The van der Waals surface area contributed by atoms with Gasteiger partial charge < -0.3 is 24.7 Å². The molecule has 2 aliphatic heterocycles. The van der Waals surface area contributed by atoms with Gasteiger partial charge in [-0.1, -0.05) is 0 Å². The molecular formula is C23H36N6O5. The van der Waals surface area contributed by atoms with Crippen molar-refractivity contribution in [3.63, 3.8) is 0 Å². The van der Waals surface area contributed by atoms with Crippen molar-refractivity contribution in [2.75, 3.05) is 25.4 Å². The number of hydrogen-bond acceptors (Lipinski definition) is 10. The fraction of sp³-hybridized carbons (Fsp3) is 0.739. The van der Waals surface area contributed by atoms with Crippen LogP contribution in [0.1, 0.15) is 60.1 Å². The summed E-state index contributed by atoms with van der Waals surface area (Å²) in [5.74, 6) is -0.533.